The molecule has 1 atom stereocenters. The van der Waals surface area contributed by atoms with E-state index in [1.165, 1.54) is 5.56 Å². The normalized spacial score (nSPS) is 18.0. The van der Waals surface area contributed by atoms with Gasteiger partial charge in [0.05, 0.1) is 6.04 Å². The van der Waals surface area contributed by atoms with Crippen molar-refractivity contribution in [2.24, 2.45) is 0 Å². The average Bonchev–Trinajstić information content (AvgIpc) is 2.97. The number of hydrogen-bond donors (Lipinski definition) is 0. The van der Waals surface area contributed by atoms with Crippen LogP contribution in [-0.2, 0) is 0 Å². The quantitative estimate of drug-likeness (QED) is 0.834. The molecule has 5 heteroatoms. The van der Waals surface area contributed by atoms with E-state index < -0.39 is 0 Å². The van der Waals surface area contributed by atoms with Gasteiger partial charge < -0.3 is 4.90 Å². The van der Waals surface area contributed by atoms with Crippen molar-refractivity contribution in [1.29, 1.82) is 5.26 Å². The van der Waals surface area contributed by atoms with Gasteiger partial charge in [0.25, 0.3) is 0 Å². The third kappa shape index (κ3) is 2.32. The third-order valence-electron chi connectivity index (χ3n) is 3.56. The van der Waals surface area contributed by atoms with Crippen molar-refractivity contribution in [2.75, 3.05) is 11.4 Å². The number of aryl methyl sites for hydroxylation is 1. The smallest absolute Gasteiger partial charge is 0.227 e. The van der Waals surface area contributed by atoms with Crippen LogP contribution in [0.1, 0.15) is 35.8 Å². The molecule has 100 valence electrons. The van der Waals surface area contributed by atoms with Crippen LogP contribution in [0, 0.1) is 18.3 Å². The van der Waals surface area contributed by atoms with Crippen molar-refractivity contribution in [2.45, 2.75) is 25.8 Å². The maximum absolute atomic E-state index is 9.05. The fraction of sp³-hybridized carbons (Fsp3) is 0.333. The average molecular weight is 265 g/mol. The molecule has 3 heterocycles. The van der Waals surface area contributed by atoms with Crippen LogP contribution in [0.3, 0.4) is 0 Å². The highest BCUT2D eigenvalue weighted by atomic mass is 15.3. The molecule has 3 rings (SSSR count). The number of pyridine rings is 1. The Kier molecular flexibility index (Phi) is 3.30. The zero-order valence-corrected chi connectivity index (χ0v) is 11.3. The van der Waals surface area contributed by atoms with Gasteiger partial charge >= 0.3 is 0 Å². The Bertz CT molecular complexity index is 647. The Labute approximate surface area is 117 Å². The van der Waals surface area contributed by atoms with Gasteiger partial charge in [-0.25, -0.2) is 9.97 Å². The Morgan fingerprint density at radius 2 is 2.10 bits per heavy atom. The Morgan fingerprint density at radius 3 is 2.85 bits per heavy atom. The predicted molar refractivity (Wildman–Crippen MR) is 75.0 cm³/mol. The summed E-state index contributed by atoms with van der Waals surface area (Å²) in [5, 5.41) is 9.05. The molecule has 1 fully saturated rings. The minimum Gasteiger partial charge on any atom is -0.334 e. The lowest BCUT2D eigenvalue weighted by molar-refractivity contribution is 0.698. The molecule has 1 saturated heterocycles. The second-order valence-electron chi connectivity index (χ2n) is 4.94. The Balaban J connectivity index is 1.97. The number of rotatable bonds is 2. The summed E-state index contributed by atoms with van der Waals surface area (Å²) in [5.41, 5.74) is 2.47. The van der Waals surface area contributed by atoms with Crippen molar-refractivity contribution in [3.8, 4) is 6.07 Å². The first kappa shape index (κ1) is 12.5. The maximum atomic E-state index is 9.05. The van der Waals surface area contributed by atoms with E-state index in [0.717, 1.165) is 25.1 Å². The van der Waals surface area contributed by atoms with E-state index in [-0.39, 0.29) is 6.04 Å². The molecule has 2 aromatic heterocycles. The van der Waals surface area contributed by atoms with Crippen molar-refractivity contribution >= 4 is 5.95 Å². The van der Waals surface area contributed by atoms with Gasteiger partial charge in [-0.05, 0) is 43.5 Å². The van der Waals surface area contributed by atoms with Gasteiger partial charge in [0.1, 0.15) is 11.8 Å². The van der Waals surface area contributed by atoms with Gasteiger partial charge in [-0.1, -0.05) is 0 Å². The largest absolute Gasteiger partial charge is 0.334 e. The fourth-order valence-electron chi connectivity index (χ4n) is 2.68. The van der Waals surface area contributed by atoms with Gasteiger partial charge in [0.15, 0.2) is 0 Å². The van der Waals surface area contributed by atoms with Gasteiger partial charge in [0.2, 0.25) is 5.95 Å². The van der Waals surface area contributed by atoms with Crippen molar-refractivity contribution < 1.29 is 0 Å². The summed E-state index contributed by atoms with van der Waals surface area (Å²) < 4.78 is 0. The number of aromatic nitrogens is 3. The molecule has 0 spiro atoms. The summed E-state index contributed by atoms with van der Waals surface area (Å²) in [4.78, 5) is 15.1. The van der Waals surface area contributed by atoms with Gasteiger partial charge in [-0.2, -0.15) is 5.26 Å². The van der Waals surface area contributed by atoms with Crippen LogP contribution in [0.15, 0.2) is 30.6 Å². The first-order chi connectivity index (χ1) is 9.78. The van der Waals surface area contributed by atoms with Gasteiger partial charge in [-0.3, -0.25) is 4.98 Å². The molecular weight excluding hydrogens is 250 g/mol. The van der Waals surface area contributed by atoms with Crippen LogP contribution in [0.25, 0.3) is 0 Å². The molecule has 1 unspecified atom stereocenters. The highest BCUT2D eigenvalue weighted by Gasteiger charge is 2.28. The molecule has 0 aromatic carbocycles. The summed E-state index contributed by atoms with van der Waals surface area (Å²) in [5.74, 6) is 0.654. The molecule has 0 radical (unpaired) electrons. The molecule has 0 aliphatic carbocycles. The second kappa shape index (κ2) is 5.25. The lowest BCUT2D eigenvalue weighted by Gasteiger charge is -2.25. The number of nitrogens with zero attached hydrogens (tertiary/aromatic N) is 5. The van der Waals surface area contributed by atoms with E-state index in [9.17, 15) is 0 Å². The van der Waals surface area contributed by atoms with Crippen LogP contribution in [-0.4, -0.2) is 21.5 Å². The van der Waals surface area contributed by atoms with E-state index in [1.807, 2.05) is 31.5 Å². The van der Waals surface area contributed by atoms with E-state index in [0.29, 0.717) is 11.6 Å². The van der Waals surface area contributed by atoms with Crippen molar-refractivity contribution in [1.82, 2.24) is 15.0 Å². The van der Waals surface area contributed by atoms with E-state index in [1.54, 1.807) is 6.07 Å². The SMILES string of the molecule is Cc1cc(C#N)nc(N2CCCC2c2ccncc2)n1. The lowest BCUT2D eigenvalue weighted by atomic mass is 10.1. The monoisotopic (exact) mass is 265 g/mol. The van der Waals surface area contributed by atoms with Crippen LogP contribution >= 0.6 is 0 Å². The first-order valence-corrected chi connectivity index (χ1v) is 6.70. The van der Waals surface area contributed by atoms with Crippen molar-refractivity contribution in [3.63, 3.8) is 0 Å². The molecule has 0 N–H and O–H groups in total. The van der Waals surface area contributed by atoms with Gasteiger partial charge in [0, 0.05) is 24.6 Å². The maximum Gasteiger partial charge on any atom is 0.227 e. The molecule has 2 aromatic rings. The molecule has 20 heavy (non-hydrogen) atoms. The molecule has 0 saturated carbocycles. The number of hydrogen-bond acceptors (Lipinski definition) is 5. The zero-order valence-electron chi connectivity index (χ0n) is 11.3. The van der Waals surface area contributed by atoms with Crippen LogP contribution in [0.5, 0.6) is 0 Å². The van der Waals surface area contributed by atoms with E-state index in [4.69, 9.17) is 5.26 Å². The molecular formula is C15H15N5. The predicted octanol–water partition coefficient (Wildman–Crippen LogP) is 2.39. The Morgan fingerprint density at radius 1 is 1.30 bits per heavy atom. The summed E-state index contributed by atoms with van der Waals surface area (Å²) in [6, 6.07) is 8.14. The zero-order chi connectivity index (χ0) is 13.9. The topological polar surface area (TPSA) is 65.7 Å². The second-order valence-corrected chi connectivity index (χ2v) is 4.94. The van der Waals surface area contributed by atoms with E-state index in [2.05, 4.69) is 25.9 Å². The molecule has 1 aliphatic heterocycles. The summed E-state index contributed by atoms with van der Waals surface area (Å²) in [6.07, 6.45) is 5.79. The first-order valence-electron chi connectivity index (χ1n) is 6.70. The van der Waals surface area contributed by atoms with E-state index >= 15 is 0 Å². The molecule has 1 aliphatic rings. The highest BCUT2D eigenvalue weighted by molar-refractivity contribution is 5.41. The Hall–Kier alpha value is -2.48. The minimum atomic E-state index is 0.270. The number of nitriles is 1. The molecule has 5 nitrogen and oxygen atoms in total. The minimum absolute atomic E-state index is 0.270. The number of anilines is 1. The third-order valence-corrected chi connectivity index (χ3v) is 3.56. The highest BCUT2D eigenvalue weighted by Crippen LogP contribution is 2.34. The summed E-state index contributed by atoms with van der Waals surface area (Å²) in [6.45, 7) is 2.81. The van der Waals surface area contributed by atoms with Crippen LogP contribution < -0.4 is 4.90 Å². The molecule has 0 bridgehead atoms. The van der Waals surface area contributed by atoms with Crippen molar-refractivity contribution in [3.05, 3.63) is 47.5 Å². The van der Waals surface area contributed by atoms with Crippen LogP contribution in [0.4, 0.5) is 5.95 Å². The summed E-state index contributed by atoms with van der Waals surface area (Å²) >= 11 is 0. The standard InChI is InChI=1S/C15H15N5/c1-11-9-13(10-16)19-15(18-11)20-8-2-3-14(20)12-4-6-17-7-5-12/h4-7,9,14H,2-3,8H2,1H3. The van der Waals surface area contributed by atoms with Gasteiger partial charge in [-0.15, -0.1) is 0 Å². The lowest BCUT2D eigenvalue weighted by Crippen LogP contribution is -2.25. The molecule has 0 amide bonds. The fourth-order valence-corrected chi connectivity index (χ4v) is 2.68. The summed E-state index contributed by atoms with van der Waals surface area (Å²) in [7, 11) is 0. The van der Waals surface area contributed by atoms with Crippen LogP contribution in [0.2, 0.25) is 0 Å².